The van der Waals surface area contributed by atoms with E-state index >= 15 is 0 Å². The molecule has 0 saturated carbocycles. The number of aromatic nitrogens is 2. The summed E-state index contributed by atoms with van der Waals surface area (Å²) in [6.45, 7) is 4.16. The molecule has 7 nitrogen and oxygen atoms in total. The van der Waals surface area contributed by atoms with E-state index < -0.39 is 18.0 Å². The molecule has 0 aliphatic carbocycles. The van der Waals surface area contributed by atoms with Gasteiger partial charge in [0.25, 0.3) is 0 Å². The van der Waals surface area contributed by atoms with Crippen molar-refractivity contribution in [2.75, 3.05) is 13.6 Å². The monoisotopic (exact) mass is 280 g/mol. The highest BCUT2D eigenvalue weighted by Gasteiger charge is 2.22. The number of allylic oxidation sites excluding steroid dienone is 1. The Morgan fingerprint density at radius 3 is 2.95 bits per heavy atom. The fraction of sp³-hybridized carbons (Fsp3) is 0.462. The highest BCUT2D eigenvalue weighted by Crippen LogP contribution is 2.01. The third-order valence-corrected chi connectivity index (χ3v) is 2.82. The number of carboxylic acid groups (broad SMARTS) is 1. The molecule has 0 aromatic carbocycles. The summed E-state index contributed by atoms with van der Waals surface area (Å²) in [5.41, 5.74) is 0.659. The Kier molecular flexibility index (Phi) is 6.28. The molecule has 2 amide bonds. The Morgan fingerprint density at radius 1 is 1.65 bits per heavy atom. The zero-order valence-corrected chi connectivity index (χ0v) is 11.5. The zero-order valence-electron chi connectivity index (χ0n) is 11.5. The van der Waals surface area contributed by atoms with E-state index in [9.17, 15) is 9.59 Å². The van der Waals surface area contributed by atoms with Crippen LogP contribution >= 0.6 is 0 Å². The molecule has 1 aromatic rings. The van der Waals surface area contributed by atoms with Crippen molar-refractivity contribution in [2.45, 2.75) is 25.3 Å². The predicted molar refractivity (Wildman–Crippen MR) is 74.3 cm³/mol. The van der Waals surface area contributed by atoms with Crippen molar-refractivity contribution in [3.05, 3.63) is 30.9 Å². The molecule has 1 atom stereocenters. The van der Waals surface area contributed by atoms with Gasteiger partial charge in [0.05, 0.1) is 6.33 Å². The van der Waals surface area contributed by atoms with E-state index in [0.29, 0.717) is 12.2 Å². The minimum absolute atomic E-state index is 0.168. The molecule has 0 radical (unpaired) electrons. The number of H-pyrrole nitrogens is 1. The maximum Gasteiger partial charge on any atom is 0.326 e. The van der Waals surface area contributed by atoms with Crippen molar-refractivity contribution in [3.63, 3.8) is 0 Å². The lowest BCUT2D eigenvalue weighted by molar-refractivity contribution is -0.139. The summed E-state index contributed by atoms with van der Waals surface area (Å²) < 4.78 is 0. The third-order valence-electron chi connectivity index (χ3n) is 2.82. The number of hydrogen-bond acceptors (Lipinski definition) is 3. The van der Waals surface area contributed by atoms with E-state index in [2.05, 4.69) is 21.9 Å². The highest BCUT2D eigenvalue weighted by atomic mass is 16.4. The number of carboxylic acids is 1. The lowest BCUT2D eigenvalue weighted by atomic mass is 10.1. The van der Waals surface area contributed by atoms with Crippen molar-refractivity contribution in [1.82, 2.24) is 20.2 Å². The standard InChI is InChI=1S/C13H20N4O3/c1-3-4-5-6-17(2)13(20)16-11(12(18)19)7-10-8-14-9-15-10/h3,8-9,11H,1,4-7H2,2H3,(H,14,15)(H,16,20)(H,18,19). The van der Waals surface area contributed by atoms with Crippen LogP contribution in [0, 0.1) is 0 Å². The van der Waals surface area contributed by atoms with E-state index in [1.807, 2.05) is 0 Å². The van der Waals surface area contributed by atoms with Gasteiger partial charge in [-0.2, -0.15) is 0 Å². The maximum absolute atomic E-state index is 11.9. The number of amides is 2. The van der Waals surface area contributed by atoms with Crippen LogP contribution in [0.5, 0.6) is 0 Å². The molecule has 1 rings (SSSR count). The molecule has 0 aliphatic heterocycles. The van der Waals surface area contributed by atoms with Gasteiger partial charge in [-0.15, -0.1) is 6.58 Å². The first kappa shape index (κ1) is 15.7. The van der Waals surface area contributed by atoms with Crippen molar-refractivity contribution in [3.8, 4) is 0 Å². The summed E-state index contributed by atoms with van der Waals surface area (Å²) >= 11 is 0. The van der Waals surface area contributed by atoms with Crippen molar-refractivity contribution >= 4 is 12.0 Å². The summed E-state index contributed by atoms with van der Waals surface area (Å²) in [5, 5.41) is 11.6. The van der Waals surface area contributed by atoms with E-state index in [0.717, 1.165) is 12.8 Å². The largest absolute Gasteiger partial charge is 0.480 e. The fourth-order valence-corrected chi connectivity index (χ4v) is 1.65. The molecule has 0 bridgehead atoms. The SMILES string of the molecule is C=CCCCN(C)C(=O)NC(Cc1cnc[nH]1)C(=O)O. The molecule has 7 heteroatoms. The summed E-state index contributed by atoms with van der Waals surface area (Å²) in [4.78, 5) is 31.1. The minimum atomic E-state index is -1.08. The van der Waals surface area contributed by atoms with Gasteiger partial charge in [0.2, 0.25) is 0 Å². The van der Waals surface area contributed by atoms with Crippen molar-refractivity contribution < 1.29 is 14.7 Å². The Labute approximate surface area is 117 Å². The lowest BCUT2D eigenvalue weighted by Gasteiger charge is -2.21. The van der Waals surface area contributed by atoms with Gasteiger partial charge in [-0.3, -0.25) is 0 Å². The highest BCUT2D eigenvalue weighted by molar-refractivity contribution is 5.82. The number of hydrogen-bond donors (Lipinski definition) is 3. The van der Waals surface area contributed by atoms with Gasteiger partial charge < -0.3 is 20.3 Å². The van der Waals surface area contributed by atoms with Gasteiger partial charge in [-0.05, 0) is 12.8 Å². The number of urea groups is 1. The second-order valence-electron chi connectivity index (χ2n) is 4.47. The van der Waals surface area contributed by atoms with Crippen LogP contribution in [0.1, 0.15) is 18.5 Å². The fourth-order valence-electron chi connectivity index (χ4n) is 1.65. The molecule has 3 N–H and O–H groups in total. The number of aromatic amines is 1. The predicted octanol–water partition coefficient (Wildman–Crippen LogP) is 1.01. The van der Waals surface area contributed by atoms with Crippen LogP contribution in [0.15, 0.2) is 25.2 Å². The number of imidazole rings is 1. The average Bonchev–Trinajstić information content (AvgIpc) is 2.90. The molecule has 0 fully saturated rings. The topological polar surface area (TPSA) is 98.3 Å². The van der Waals surface area contributed by atoms with Crippen LogP contribution in [0.3, 0.4) is 0 Å². The number of carbonyl (C=O) groups is 2. The first-order valence-corrected chi connectivity index (χ1v) is 6.37. The smallest absolute Gasteiger partial charge is 0.326 e. The molecular weight excluding hydrogens is 260 g/mol. The molecular formula is C13H20N4O3. The van der Waals surface area contributed by atoms with Crippen LogP contribution in [-0.4, -0.2) is 51.6 Å². The number of nitrogens with one attached hydrogen (secondary N) is 2. The van der Waals surface area contributed by atoms with Gasteiger partial charge in [-0.25, -0.2) is 14.6 Å². The summed E-state index contributed by atoms with van der Waals surface area (Å²) in [5.74, 6) is -1.08. The first-order valence-electron chi connectivity index (χ1n) is 6.37. The molecule has 1 aromatic heterocycles. The Hall–Kier alpha value is -2.31. The van der Waals surface area contributed by atoms with E-state index in [4.69, 9.17) is 5.11 Å². The van der Waals surface area contributed by atoms with Crippen LogP contribution in [0.25, 0.3) is 0 Å². The normalized spacial score (nSPS) is 11.7. The molecule has 20 heavy (non-hydrogen) atoms. The van der Waals surface area contributed by atoms with Crippen LogP contribution in [0.2, 0.25) is 0 Å². The van der Waals surface area contributed by atoms with E-state index in [1.165, 1.54) is 17.4 Å². The number of unbranched alkanes of at least 4 members (excludes halogenated alkanes) is 1. The maximum atomic E-state index is 11.9. The van der Waals surface area contributed by atoms with Gasteiger partial charge in [0.1, 0.15) is 6.04 Å². The average molecular weight is 280 g/mol. The van der Waals surface area contributed by atoms with Crippen LogP contribution in [-0.2, 0) is 11.2 Å². The number of carbonyl (C=O) groups excluding carboxylic acids is 1. The molecule has 1 heterocycles. The molecule has 1 unspecified atom stereocenters. The summed E-state index contributed by atoms with van der Waals surface area (Å²) in [6.07, 6.45) is 6.57. The van der Waals surface area contributed by atoms with Gasteiger partial charge >= 0.3 is 12.0 Å². The van der Waals surface area contributed by atoms with E-state index in [1.54, 1.807) is 13.1 Å². The van der Waals surface area contributed by atoms with Crippen molar-refractivity contribution in [1.29, 1.82) is 0 Å². The second-order valence-corrected chi connectivity index (χ2v) is 4.47. The third kappa shape index (κ3) is 5.13. The van der Waals surface area contributed by atoms with Crippen molar-refractivity contribution in [2.24, 2.45) is 0 Å². The molecule has 0 saturated heterocycles. The lowest BCUT2D eigenvalue weighted by Crippen LogP contribution is -2.48. The molecule has 0 spiro atoms. The minimum Gasteiger partial charge on any atom is -0.480 e. The molecule has 110 valence electrons. The van der Waals surface area contributed by atoms with Crippen LogP contribution in [0.4, 0.5) is 4.79 Å². The van der Waals surface area contributed by atoms with Gasteiger partial charge in [-0.1, -0.05) is 6.08 Å². The van der Waals surface area contributed by atoms with Gasteiger partial charge in [0.15, 0.2) is 0 Å². The van der Waals surface area contributed by atoms with Gasteiger partial charge in [0, 0.05) is 31.9 Å². The number of nitrogens with zero attached hydrogens (tertiary/aromatic N) is 2. The Morgan fingerprint density at radius 2 is 2.40 bits per heavy atom. The zero-order chi connectivity index (χ0) is 15.0. The Balaban J connectivity index is 2.50. The van der Waals surface area contributed by atoms with Crippen LogP contribution < -0.4 is 5.32 Å². The second kappa shape index (κ2) is 7.98. The quantitative estimate of drug-likeness (QED) is 0.489. The summed E-state index contributed by atoms with van der Waals surface area (Å²) in [6, 6.07) is -1.38. The number of rotatable bonds is 8. The first-order chi connectivity index (χ1) is 9.54. The Bertz CT molecular complexity index is 444. The number of aliphatic carboxylic acids is 1. The summed E-state index contributed by atoms with van der Waals surface area (Å²) in [7, 11) is 1.63. The molecule has 0 aliphatic rings. The van der Waals surface area contributed by atoms with E-state index in [-0.39, 0.29) is 6.42 Å².